The van der Waals surface area contributed by atoms with E-state index in [2.05, 4.69) is 43.9 Å². The Balaban J connectivity index is 3.48. The Bertz CT molecular complexity index is 129. The van der Waals surface area contributed by atoms with Crippen molar-refractivity contribution in [3.63, 3.8) is 0 Å². The Morgan fingerprint density at radius 2 is 1.29 bits per heavy atom. The van der Waals surface area contributed by atoms with Crippen LogP contribution in [0.4, 0.5) is 0 Å². The molecule has 4 atom stereocenters. The highest BCUT2D eigenvalue weighted by molar-refractivity contribution is 7.17. The van der Waals surface area contributed by atoms with Crippen molar-refractivity contribution in [1.82, 2.24) is 0 Å². The lowest BCUT2D eigenvalue weighted by Gasteiger charge is -2.18. The lowest BCUT2D eigenvalue weighted by molar-refractivity contribution is 0.341. The third-order valence-corrected chi connectivity index (χ3v) is 3.70. The van der Waals surface area contributed by atoms with Crippen molar-refractivity contribution < 1.29 is 0 Å². The standard InChI is InChI=1S/C13H29P/c1-10(2)12(4)8-6-11(3)7-9-13(5)14/h10-13H,6-9,14H2,1-5H3. The summed E-state index contributed by atoms with van der Waals surface area (Å²) < 4.78 is 0. The second-order valence-corrected chi connectivity index (χ2v) is 6.60. The summed E-state index contributed by atoms with van der Waals surface area (Å²) in [5.41, 5.74) is 0.792. The van der Waals surface area contributed by atoms with Crippen LogP contribution < -0.4 is 0 Å². The zero-order valence-electron chi connectivity index (χ0n) is 10.7. The molecule has 0 spiro atoms. The van der Waals surface area contributed by atoms with Gasteiger partial charge in [-0.25, -0.2) is 0 Å². The van der Waals surface area contributed by atoms with Gasteiger partial charge in [0, 0.05) is 0 Å². The lowest BCUT2D eigenvalue weighted by Crippen LogP contribution is -2.07. The van der Waals surface area contributed by atoms with E-state index < -0.39 is 0 Å². The van der Waals surface area contributed by atoms with E-state index in [0.29, 0.717) is 0 Å². The molecular formula is C13H29P. The first-order chi connectivity index (χ1) is 6.43. The van der Waals surface area contributed by atoms with Crippen LogP contribution in [0.3, 0.4) is 0 Å². The smallest absolute Gasteiger partial charge is 0.0293 e. The van der Waals surface area contributed by atoms with Crippen LogP contribution in [0.15, 0.2) is 0 Å². The van der Waals surface area contributed by atoms with Crippen molar-refractivity contribution in [1.29, 1.82) is 0 Å². The van der Waals surface area contributed by atoms with Gasteiger partial charge >= 0.3 is 0 Å². The molecule has 0 aromatic rings. The van der Waals surface area contributed by atoms with E-state index in [1.54, 1.807) is 0 Å². The largest absolute Gasteiger partial charge is 0.135 e. The maximum absolute atomic E-state index is 2.89. The van der Waals surface area contributed by atoms with Gasteiger partial charge in [0.05, 0.1) is 0 Å². The first-order valence-electron chi connectivity index (χ1n) is 6.19. The monoisotopic (exact) mass is 216 g/mol. The van der Waals surface area contributed by atoms with Gasteiger partial charge in [0.1, 0.15) is 0 Å². The molecule has 0 saturated heterocycles. The minimum Gasteiger partial charge on any atom is -0.135 e. The van der Waals surface area contributed by atoms with Crippen LogP contribution in [0.2, 0.25) is 0 Å². The molecule has 0 nitrogen and oxygen atoms in total. The maximum Gasteiger partial charge on any atom is -0.0293 e. The zero-order valence-corrected chi connectivity index (χ0v) is 11.9. The Hall–Kier alpha value is 0.430. The Morgan fingerprint density at radius 3 is 1.71 bits per heavy atom. The molecule has 14 heavy (non-hydrogen) atoms. The average molecular weight is 216 g/mol. The van der Waals surface area contributed by atoms with E-state index >= 15 is 0 Å². The van der Waals surface area contributed by atoms with Gasteiger partial charge in [0.15, 0.2) is 0 Å². The molecule has 0 aromatic heterocycles. The average Bonchev–Trinajstić information content (AvgIpc) is 2.10. The molecule has 0 bridgehead atoms. The van der Waals surface area contributed by atoms with E-state index in [4.69, 9.17) is 0 Å². The summed E-state index contributed by atoms with van der Waals surface area (Å²) >= 11 is 0. The van der Waals surface area contributed by atoms with Crippen molar-refractivity contribution in [2.24, 2.45) is 17.8 Å². The molecule has 1 heteroatoms. The molecule has 0 aliphatic heterocycles. The highest BCUT2D eigenvalue weighted by atomic mass is 31.0. The fraction of sp³-hybridized carbons (Fsp3) is 1.00. The van der Waals surface area contributed by atoms with E-state index in [-0.39, 0.29) is 0 Å². The van der Waals surface area contributed by atoms with E-state index in [9.17, 15) is 0 Å². The van der Waals surface area contributed by atoms with Crippen LogP contribution in [0.25, 0.3) is 0 Å². The molecule has 0 aliphatic rings. The van der Waals surface area contributed by atoms with E-state index in [0.717, 1.165) is 23.4 Å². The van der Waals surface area contributed by atoms with Gasteiger partial charge in [-0.1, -0.05) is 53.9 Å². The number of hydrogen-bond donors (Lipinski definition) is 0. The second-order valence-electron chi connectivity index (χ2n) is 5.46. The van der Waals surface area contributed by atoms with Crippen LogP contribution in [0, 0.1) is 17.8 Å². The van der Waals surface area contributed by atoms with Crippen LogP contribution in [-0.4, -0.2) is 5.66 Å². The molecule has 0 aromatic carbocycles. The van der Waals surface area contributed by atoms with Crippen molar-refractivity contribution in [2.45, 2.75) is 66.0 Å². The molecule has 0 rings (SSSR count). The molecule has 0 fully saturated rings. The predicted octanol–water partition coefficient (Wildman–Crippen LogP) is 4.74. The molecule has 4 unspecified atom stereocenters. The summed E-state index contributed by atoms with van der Waals surface area (Å²) in [7, 11) is 2.89. The lowest BCUT2D eigenvalue weighted by atomic mass is 9.88. The quantitative estimate of drug-likeness (QED) is 0.539. The number of rotatable bonds is 7. The molecule has 0 heterocycles. The highest BCUT2D eigenvalue weighted by Crippen LogP contribution is 2.22. The van der Waals surface area contributed by atoms with Gasteiger partial charge < -0.3 is 0 Å². The zero-order chi connectivity index (χ0) is 11.1. The van der Waals surface area contributed by atoms with Gasteiger partial charge in [-0.05, 0) is 29.8 Å². The first kappa shape index (κ1) is 14.4. The predicted molar refractivity (Wildman–Crippen MR) is 70.8 cm³/mol. The van der Waals surface area contributed by atoms with Gasteiger partial charge in [-0.15, -0.1) is 9.24 Å². The van der Waals surface area contributed by atoms with Crippen molar-refractivity contribution in [3.05, 3.63) is 0 Å². The second kappa shape index (κ2) is 7.69. The van der Waals surface area contributed by atoms with Gasteiger partial charge in [-0.3, -0.25) is 0 Å². The topological polar surface area (TPSA) is 0 Å². The Morgan fingerprint density at radius 1 is 0.786 bits per heavy atom. The first-order valence-corrected chi connectivity index (χ1v) is 6.85. The summed E-state index contributed by atoms with van der Waals surface area (Å²) in [4.78, 5) is 0. The van der Waals surface area contributed by atoms with Crippen LogP contribution in [-0.2, 0) is 0 Å². The Labute approximate surface area is 93.4 Å². The third kappa shape index (κ3) is 7.80. The molecular weight excluding hydrogens is 187 g/mol. The van der Waals surface area contributed by atoms with E-state index in [1.165, 1.54) is 25.7 Å². The van der Waals surface area contributed by atoms with Crippen molar-refractivity contribution >= 4 is 9.24 Å². The van der Waals surface area contributed by atoms with Gasteiger partial charge in [0.2, 0.25) is 0 Å². The third-order valence-electron chi connectivity index (χ3n) is 3.37. The fourth-order valence-corrected chi connectivity index (χ4v) is 1.76. The minimum absolute atomic E-state index is 0.792. The van der Waals surface area contributed by atoms with Crippen LogP contribution in [0.5, 0.6) is 0 Å². The summed E-state index contributed by atoms with van der Waals surface area (Å²) in [6.07, 6.45) is 5.58. The summed E-state index contributed by atoms with van der Waals surface area (Å²) in [6, 6.07) is 0. The van der Waals surface area contributed by atoms with Gasteiger partial charge in [-0.2, -0.15) is 0 Å². The van der Waals surface area contributed by atoms with E-state index in [1.807, 2.05) is 0 Å². The number of hydrogen-bond acceptors (Lipinski definition) is 0. The normalized spacial score (nSPS) is 18.2. The summed E-state index contributed by atoms with van der Waals surface area (Å²) in [6.45, 7) is 11.7. The fourth-order valence-electron chi connectivity index (χ4n) is 1.57. The highest BCUT2D eigenvalue weighted by Gasteiger charge is 2.10. The summed E-state index contributed by atoms with van der Waals surface area (Å²) in [5, 5.41) is 0. The molecule has 0 N–H and O–H groups in total. The molecule has 0 radical (unpaired) electrons. The molecule has 0 saturated carbocycles. The molecule has 0 aliphatic carbocycles. The van der Waals surface area contributed by atoms with Crippen LogP contribution in [0.1, 0.15) is 60.3 Å². The van der Waals surface area contributed by atoms with Gasteiger partial charge in [0.25, 0.3) is 0 Å². The molecule has 86 valence electrons. The van der Waals surface area contributed by atoms with Crippen molar-refractivity contribution in [3.8, 4) is 0 Å². The SMILES string of the molecule is CC(P)CCC(C)CCC(C)C(C)C. The van der Waals surface area contributed by atoms with Crippen molar-refractivity contribution in [2.75, 3.05) is 0 Å². The minimum atomic E-state index is 0.792. The summed E-state index contributed by atoms with van der Waals surface area (Å²) in [5.74, 6) is 2.66. The molecule has 0 amide bonds. The van der Waals surface area contributed by atoms with Crippen LogP contribution >= 0.6 is 9.24 Å². The maximum atomic E-state index is 2.89. The Kier molecular flexibility index (Phi) is 7.92.